The summed E-state index contributed by atoms with van der Waals surface area (Å²) < 4.78 is 49.3. The first-order valence-electron chi connectivity index (χ1n) is 7.70. The summed E-state index contributed by atoms with van der Waals surface area (Å²) in [6.45, 7) is -2.79. The molecule has 0 saturated carbocycles. The third kappa shape index (κ3) is 5.37. The van der Waals surface area contributed by atoms with Gasteiger partial charge in [0.1, 0.15) is 49.3 Å². The van der Waals surface area contributed by atoms with Crippen LogP contribution in [0.15, 0.2) is 0 Å². The van der Waals surface area contributed by atoms with E-state index in [2.05, 4.69) is 4.18 Å². The second-order valence-electron chi connectivity index (χ2n) is 6.09. The van der Waals surface area contributed by atoms with Crippen LogP contribution in [0.3, 0.4) is 0 Å². The first-order valence-corrected chi connectivity index (χ1v) is 9.07. The van der Waals surface area contributed by atoms with Crippen LogP contribution in [0.4, 0.5) is 0 Å². The van der Waals surface area contributed by atoms with Gasteiger partial charge >= 0.3 is 10.4 Å². The predicted molar refractivity (Wildman–Crippen MR) is 89.0 cm³/mol. The van der Waals surface area contributed by atoms with Gasteiger partial charge in [-0.2, -0.15) is 8.42 Å². The smallest absolute Gasteiger partial charge is 0.394 e. The molecule has 2 aliphatic rings. The summed E-state index contributed by atoms with van der Waals surface area (Å²) in [5, 5.41) is 68.2. The highest BCUT2D eigenvalue weighted by atomic mass is 32.3. The molecule has 16 heteroatoms. The fraction of sp³-hybridized carbons (Fsp3) is 1.00. The van der Waals surface area contributed by atoms with E-state index in [1.165, 1.54) is 0 Å². The molecule has 0 aromatic carbocycles. The van der Waals surface area contributed by atoms with Crippen molar-refractivity contribution in [1.29, 1.82) is 0 Å². The van der Waals surface area contributed by atoms with E-state index in [-0.39, 0.29) is 17.4 Å². The van der Waals surface area contributed by atoms with Crippen LogP contribution in [0, 0.1) is 0 Å². The van der Waals surface area contributed by atoms with Gasteiger partial charge < -0.3 is 50.0 Å². The molecule has 9 atom stereocenters. The fourth-order valence-corrected chi connectivity index (χ4v) is 3.08. The predicted octanol–water partition coefficient (Wildman–Crippen LogP) is -6.75. The van der Waals surface area contributed by atoms with E-state index in [0.717, 1.165) is 0 Å². The molecule has 2 fully saturated rings. The molecule has 14 nitrogen and oxygen atoms in total. The highest BCUT2D eigenvalue weighted by Gasteiger charge is 2.58. The van der Waals surface area contributed by atoms with Crippen LogP contribution in [0.25, 0.3) is 0 Å². The molecule has 2 saturated heterocycles. The van der Waals surface area contributed by atoms with Crippen molar-refractivity contribution in [2.24, 2.45) is 0 Å². The number of aliphatic hydroxyl groups is 7. The summed E-state index contributed by atoms with van der Waals surface area (Å²) in [6, 6.07) is 0. The number of aliphatic hydroxyl groups excluding tert-OH is 7. The third-order valence-corrected chi connectivity index (χ3v) is 4.71. The molecular weight excluding hydrogens is 427 g/mol. The lowest BCUT2D eigenvalue weighted by molar-refractivity contribution is -0.383. The van der Waals surface area contributed by atoms with Crippen molar-refractivity contribution in [3.63, 3.8) is 0 Å². The number of hydrogen-bond donors (Lipinski definition) is 8. The summed E-state index contributed by atoms with van der Waals surface area (Å²) >= 11 is 0. The van der Waals surface area contributed by atoms with Crippen molar-refractivity contribution >= 4 is 27.8 Å². The summed E-state index contributed by atoms with van der Waals surface area (Å²) in [5.41, 5.74) is 0. The zero-order chi connectivity index (χ0) is 20.6. The Bertz CT molecular complexity index is 605. The lowest BCUT2D eigenvalue weighted by Gasteiger charge is -2.43. The van der Waals surface area contributed by atoms with Gasteiger partial charge in [-0.3, -0.25) is 4.55 Å². The van der Waals surface area contributed by atoms with Gasteiger partial charge in [-0.1, -0.05) is 0 Å². The normalized spacial score (nSPS) is 44.3. The molecule has 2 heterocycles. The number of rotatable bonds is 7. The maximum absolute atomic E-state index is 10.6. The van der Waals surface area contributed by atoms with Crippen LogP contribution in [-0.2, 0) is 28.8 Å². The van der Waals surface area contributed by atoms with E-state index < -0.39 is 85.0 Å². The van der Waals surface area contributed by atoms with Gasteiger partial charge in [0.25, 0.3) is 0 Å². The molecule has 0 radical (unpaired) electrons. The molecule has 0 spiro atoms. The maximum atomic E-state index is 10.6. The Kier molecular flexibility index (Phi) is 9.18. The van der Waals surface area contributed by atoms with Crippen LogP contribution < -0.4 is 0 Å². The number of ether oxygens (including phenoxy) is 3. The standard InChI is InChI=1S/C12H22O14S.Al.3H/c13-1-4-7(16)10(19)12(3-14,25-4)26-11-9(18)8(17)6(15)5(24-11)2-23-27(20,21)22;;;;/h4-11,13-19H,1-3H2,(H,20,21,22);;;;/t4-,5-,6-,7-,8+,9-,10+,11-,12+;;;;/m1..../s1. The summed E-state index contributed by atoms with van der Waals surface area (Å²) in [5.74, 6) is -2.37. The van der Waals surface area contributed by atoms with E-state index in [9.17, 15) is 39.1 Å². The highest BCUT2D eigenvalue weighted by molar-refractivity contribution is 7.80. The SMILES string of the molecule is O=S(=O)(O)OC[C@H]1O[C@H](O[C@]2(CO)O[C@H](CO)[C@@H](O)[C@@H]2O)[C@H](O)[C@@H](O)[C@@H]1O.[AlH3]. The molecule has 0 bridgehead atoms. The molecule has 0 aliphatic carbocycles. The van der Waals surface area contributed by atoms with Gasteiger partial charge in [0, 0.05) is 0 Å². The van der Waals surface area contributed by atoms with E-state index in [1.807, 2.05) is 0 Å². The molecule has 2 aliphatic heterocycles. The molecule has 0 unspecified atom stereocenters. The van der Waals surface area contributed by atoms with Crippen LogP contribution in [-0.4, -0.2) is 141 Å². The molecule has 0 aromatic rings. The molecule has 28 heavy (non-hydrogen) atoms. The molecule has 2 rings (SSSR count). The van der Waals surface area contributed by atoms with Gasteiger partial charge in [-0.25, -0.2) is 4.18 Å². The minimum atomic E-state index is -4.90. The third-order valence-electron chi connectivity index (χ3n) is 4.27. The van der Waals surface area contributed by atoms with Gasteiger partial charge in [0.15, 0.2) is 23.7 Å². The lowest BCUT2D eigenvalue weighted by Crippen LogP contribution is -2.62. The van der Waals surface area contributed by atoms with Crippen molar-refractivity contribution in [1.82, 2.24) is 0 Å². The minimum Gasteiger partial charge on any atom is -0.394 e. The Labute approximate surface area is 169 Å². The molecule has 0 amide bonds. The van der Waals surface area contributed by atoms with Crippen molar-refractivity contribution in [2.75, 3.05) is 19.8 Å². The van der Waals surface area contributed by atoms with Gasteiger partial charge in [0.05, 0.1) is 13.2 Å². The van der Waals surface area contributed by atoms with Crippen molar-refractivity contribution in [3.05, 3.63) is 0 Å². The van der Waals surface area contributed by atoms with Crippen LogP contribution >= 0.6 is 0 Å². The van der Waals surface area contributed by atoms with Crippen LogP contribution in [0.2, 0.25) is 0 Å². The van der Waals surface area contributed by atoms with E-state index in [1.54, 1.807) is 0 Å². The average molecular weight is 452 g/mol. The number of hydrogen-bond acceptors (Lipinski definition) is 13. The van der Waals surface area contributed by atoms with Gasteiger partial charge in [-0.15, -0.1) is 0 Å². The topological polar surface area (TPSA) is 233 Å². The molecular formula is C12H25AlO14S. The van der Waals surface area contributed by atoms with E-state index in [4.69, 9.17) is 23.9 Å². The van der Waals surface area contributed by atoms with E-state index in [0.29, 0.717) is 0 Å². The maximum Gasteiger partial charge on any atom is 0.397 e. The lowest BCUT2D eigenvalue weighted by atomic mass is 9.99. The Morgan fingerprint density at radius 2 is 1.54 bits per heavy atom. The molecule has 166 valence electrons. The first-order chi connectivity index (χ1) is 12.5. The molecule has 0 aromatic heterocycles. The van der Waals surface area contributed by atoms with Gasteiger partial charge in [-0.05, 0) is 0 Å². The first kappa shape index (κ1) is 26.0. The second-order valence-corrected chi connectivity index (χ2v) is 7.18. The monoisotopic (exact) mass is 452 g/mol. The Hall–Kier alpha value is 0.00247. The zero-order valence-electron chi connectivity index (χ0n) is 13.7. The van der Waals surface area contributed by atoms with E-state index >= 15 is 0 Å². The second kappa shape index (κ2) is 9.87. The van der Waals surface area contributed by atoms with Gasteiger partial charge in [0.2, 0.25) is 5.79 Å². The summed E-state index contributed by atoms with van der Waals surface area (Å²) in [4.78, 5) is 0. The van der Waals surface area contributed by atoms with Crippen molar-refractivity contribution in [3.8, 4) is 0 Å². The average Bonchev–Trinajstić information content (AvgIpc) is 2.85. The van der Waals surface area contributed by atoms with Crippen LogP contribution in [0.1, 0.15) is 0 Å². The Morgan fingerprint density at radius 3 is 2.00 bits per heavy atom. The molecule has 8 N–H and O–H groups in total. The Balaban J connectivity index is 0.00000392. The van der Waals surface area contributed by atoms with Crippen LogP contribution in [0.5, 0.6) is 0 Å². The highest BCUT2D eigenvalue weighted by Crippen LogP contribution is 2.36. The largest absolute Gasteiger partial charge is 0.397 e. The van der Waals surface area contributed by atoms with Crippen molar-refractivity contribution < 1.29 is 67.1 Å². The van der Waals surface area contributed by atoms with Crippen molar-refractivity contribution in [2.45, 2.75) is 54.8 Å². The fourth-order valence-electron chi connectivity index (χ4n) is 2.77. The summed E-state index contributed by atoms with van der Waals surface area (Å²) in [6.07, 6.45) is -14.2. The Morgan fingerprint density at radius 1 is 0.929 bits per heavy atom. The quantitative estimate of drug-likeness (QED) is 0.132. The minimum absolute atomic E-state index is 0. The zero-order valence-corrected chi connectivity index (χ0v) is 14.5. The summed E-state index contributed by atoms with van der Waals surface area (Å²) in [7, 11) is -4.90.